The second-order valence-electron chi connectivity index (χ2n) is 9.63. The normalized spacial score (nSPS) is 16.7. The number of rotatable bonds is 10. The van der Waals surface area contributed by atoms with Gasteiger partial charge in [0, 0.05) is 18.7 Å². The van der Waals surface area contributed by atoms with Crippen LogP contribution in [0.4, 0.5) is 8.78 Å². The Balaban J connectivity index is 1.47. The second kappa shape index (κ2) is 12.2. The molecule has 1 aliphatic carbocycles. The van der Waals surface area contributed by atoms with Gasteiger partial charge >= 0.3 is 0 Å². The van der Waals surface area contributed by atoms with Gasteiger partial charge in [-0.1, -0.05) is 55.5 Å². The Morgan fingerprint density at radius 2 is 1.75 bits per heavy atom. The van der Waals surface area contributed by atoms with E-state index in [4.69, 9.17) is 0 Å². The minimum atomic E-state index is -0.948. The number of nitrogens with one attached hydrogen (secondary N) is 2. The number of fused-ring (bicyclic) bond motifs is 1. The molecule has 3 N–H and O–H groups in total. The SMILES string of the molecule is CCc1ccc2c(c1)[C@H](NC[C@@H](O)[C@H](Cc1cc(F)cc(F)c1)NC(=O)Cc1ccccc1)CCC2. The standard InChI is InChI=1S/C30H34F2N2O2/c1-2-20-11-12-23-9-6-10-27(26(23)15-20)33-19-29(35)28(16-22-13-24(31)18-25(32)14-22)34-30(36)17-21-7-4-3-5-8-21/h3-5,7-8,11-15,18,27-29,33,35H,2,6,9-10,16-17,19H2,1H3,(H,34,36)/t27-,28+,29-/m1/s1. The number of aliphatic hydroxyl groups is 1. The Morgan fingerprint density at radius 1 is 1.00 bits per heavy atom. The summed E-state index contributed by atoms with van der Waals surface area (Å²) in [5.41, 5.74) is 5.11. The second-order valence-corrected chi connectivity index (χ2v) is 9.63. The average molecular weight is 493 g/mol. The van der Waals surface area contributed by atoms with Crippen molar-refractivity contribution in [3.8, 4) is 0 Å². The van der Waals surface area contributed by atoms with Crippen LogP contribution in [0.15, 0.2) is 66.7 Å². The molecule has 1 aliphatic rings. The number of carbonyl (C=O) groups is 1. The summed E-state index contributed by atoms with van der Waals surface area (Å²) in [6.45, 7) is 2.38. The summed E-state index contributed by atoms with van der Waals surface area (Å²) in [5.74, 6) is -1.62. The minimum Gasteiger partial charge on any atom is -0.390 e. The van der Waals surface area contributed by atoms with Crippen molar-refractivity contribution in [2.24, 2.45) is 0 Å². The van der Waals surface area contributed by atoms with Crippen LogP contribution < -0.4 is 10.6 Å². The predicted octanol–water partition coefficient (Wildman–Crippen LogP) is 4.83. The highest BCUT2D eigenvalue weighted by atomic mass is 19.1. The van der Waals surface area contributed by atoms with Gasteiger partial charge in [-0.2, -0.15) is 0 Å². The first-order valence-corrected chi connectivity index (χ1v) is 12.7. The fourth-order valence-electron chi connectivity index (χ4n) is 4.99. The smallest absolute Gasteiger partial charge is 0.224 e. The Morgan fingerprint density at radius 3 is 2.47 bits per heavy atom. The Labute approximate surface area is 211 Å². The molecule has 0 saturated carbocycles. The zero-order valence-corrected chi connectivity index (χ0v) is 20.6. The number of halogens is 2. The van der Waals surface area contributed by atoms with E-state index in [1.165, 1.54) is 28.8 Å². The van der Waals surface area contributed by atoms with Gasteiger partial charge in [0.25, 0.3) is 0 Å². The lowest BCUT2D eigenvalue weighted by Gasteiger charge is -2.30. The molecule has 1 amide bonds. The molecule has 4 nitrogen and oxygen atoms in total. The topological polar surface area (TPSA) is 61.4 Å². The van der Waals surface area contributed by atoms with Gasteiger partial charge in [-0.3, -0.25) is 4.79 Å². The van der Waals surface area contributed by atoms with E-state index in [1.54, 1.807) is 0 Å². The molecule has 0 heterocycles. The Hall–Kier alpha value is -3.09. The highest BCUT2D eigenvalue weighted by Crippen LogP contribution is 2.30. The van der Waals surface area contributed by atoms with Crippen LogP contribution >= 0.6 is 0 Å². The van der Waals surface area contributed by atoms with Crippen LogP contribution in [0.3, 0.4) is 0 Å². The summed E-state index contributed by atoms with van der Waals surface area (Å²) in [6.07, 6.45) is 3.35. The lowest BCUT2D eigenvalue weighted by Crippen LogP contribution is -2.49. The molecule has 6 heteroatoms. The molecule has 0 aliphatic heterocycles. The first kappa shape index (κ1) is 26.0. The van der Waals surface area contributed by atoms with Gasteiger partial charge in [0.15, 0.2) is 0 Å². The van der Waals surface area contributed by atoms with Crippen molar-refractivity contribution in [3.63, 3.8) is 0 Å². The molecule has 3 aromatic carbocycles. The van der Waals surface area contributed by atoms with Gasteiger partial charge in [0.1, 0.15) is 11.6 Å². The van der Waals surface area contributed by atoms with E-state index < -0.39 is 23.8 Å². The fraction of sp³-hybridized carbons (Fsp3) is 0.367. The van der Waals surface area contributed by atoms with E-state index in [1.807, 2.05) is 30.3 Å². The Bertz CT molecular complexity index is 1150. The first-order chi connectivity index (χ1) is 17.4. The monoisotopic (exact) mass is 492 g/mol. The summed E-state index contributed by atoms with van der Waals surface area (Å²) in [6, 6.07) is 18.6. The number of hydrogen-bond acceptors (Lipinski definition) is 3. The zero-order valence-electron chi connectivity index (χ0n) is 20.6. The minimum absolute atomic E-state index is 0.110. The summed E-state index contributed by atoms with van der Waals surface area (Å²) in [4.78, 5) is 12.8. The number of amides is 1. The molecule has 0 radical (unpaired) electrons. The van der Waals surface area contributed by atoms with Gasteiger partial charge in [-0.25, -0.2) is 8.78 Å². The first-order valence-electron chi connectivity index (χ1n) is 12.7. The molecular weight excluding hydrogens is 458 g/mol. The number of aryl methyl sites for hydroxylation is 2. The molecule has 4 rings (SSSR count). The van der Waals surface area contributed by atoms with E-state index in [0.717, 1.165) is 37.3 Å². The maximum absolute atomic E-state index is 13.8. The van der Waals surface area contributed by atoms with E-state index in [2.05, 4.69) is 35.8 Å². The number of benzene rings is 3. The number of aliphatic hydroxyl groups excluding tert-OH is 1. The average Bonchev–Trinajstić information content (AvgIpc) is 2.86. The molecule has 0 bridgehead atoms. The predicted molar refractivity (Wildman–Crippen MR) is 138 cm³/mol. The van der Waals surface area contributed by atoms with Crippen LogP contribution in [0.25, 0.3) is 0 Å². The third-order valence-electron chi connectivity index (χ3n) is 6.90. The van der Waals surface area contributed by atoms with Crippen LogP contribution in [0.5, 0.6) is 0 Å². The van der Waals surface area contributed by atoms with E-state index in [-0.39, 0.29) is 31.3 Å². The molecule has 0 saturated heterocycles. The van der Waals surface area contributed by atoms with Crippen LogP contribution in [-0.4, -0.2) is 29.7 Å². The van der Waals surface area contributed by atoms with Crippen molar-refractivity contribution >= 4 is 5.91 Å². The summed E-state index contributed by atoms with van der Waals surface area (Å²) >= 11 is 0. The van der Waals surface area contributed by atoms with Gasteiger partial charge in [-0.05, 0) is 72.1 Å². The molecule has 3 aromatic rings. The zero-order chi connectivity index (χ0) is 25.5. The highest BCUT2D eigenvalue weighted by molar-refractivity contribution is 5.79. The fourth-order valence-corrected chi connectivity index (χ4v) is 4.99. The van der Waals surface area contributed by atoms with Crippen LogP contribution in [-0.2, 0) is 30.5 Å². The van der Waals surface area contributed by atoms with Gasteiger partial charge in [0.2, 0.25) is 5.91 Å². The van der Waals surface area contributed by atoms with Crippen molar-refractivity contribution in [2.75, 3.05) is 6.54 Å². The molecule has 0 aromatic heterocycles. The van der Waals surface area contributed by atoms with Crippen LogP contribution in [0, 0.1) is 11.6 Å². The molecular formula is C30H34F2N2O2. The molecule has 3 atom stereocenters. The maximum atomic E-state index is 13.8. The van der Waals surface area contributed by atoms with Gasteiger partial charge < -0.3 is 15.7 Å². The third-order valence-corrected chi connectivity index (χ3v) is 6.90. The third kappa shape index (κ3) is 6.99. The lowest BCUT2D eigenvalue weighted by atomic mass is 9.86. The van der Waals surface area contributed by atoms with Gasteiger partial charge in [0.05, 0.1) is 18.6 Å². The van der Waals surface area contributed by atoms with E-state index >= 15 is 0 Å². The molecule has 190 valence electrons. The Kier molecular flexibility index (Phi) is 8.83. The summed E-state index contributed by atoms with van der Waals surface area (Å²) in [7, 11) is 0. The lowest BCUT2D eigenvalue weighted by molar-refractivity contribution is -0.122. The van der Waals surface area contributed by atoms with Crippen molar-refractivity contribution in [3.05, 3.63) is 106 Å². The molecule has 0 fully saturated rings. The van der Waals surface area contributed by atoms with Crippen molar-refractivity contribution in [1.29, 1.82) is 0 Å². The molecule has 0 unspecified atom stereocenters. The summed E-state index contributed by atoms with van der Waals surface area (Å²) < 4.78 is 27.6. The highest BCUT2D eigenvalue weighted by Gasteiger charge is 2.26. The van der Waals surface area contributed by atoms with E-state index in [0.29, 0.717) is 5.56 Å². The number of hydrogen-bond donors (Lipinski definition) is 3. The number of carbonyl (C=O) groups excluding carboxylic acids is 1. The largest absolute Gasteiger partial charge is 0.390 e. The van der Waals surface area contributed by atoms with Crippen LogP contribution in [0.2, 0.25) is 0 Å². The quantitative estimate of drug-likeness (QED) is 0.380. The van der Waals surface area contributed by atoms with Crippen molar-refractivity contribution in [2.45, 2.75) is 63.6 Å². The van der Waals surface area contributed by atoms with Crippen LogP contribution in [0.1, 0.15) is 53.6 Å². The van der Waals surface area contributed by atoms with Crippen molar-refractivity contribution in [1.82, 2.24) is 10.6 Å². The summed E-state index contributed by atoms with van der Waals surface area (Å²) in [5, 5.41) is 17.5. The molecule has 36 heavy (non-hydrogen) atoms. The van der Waals surface area contributed by atoms with E-state index in [9.17, 15) is 18.7 Å². The van der Waals surface area contributed by atoms with Gasteiger partial charge in [-0.15, -0.1) is 0 Å². The molecule has 0 spiro atoms. The van der Waals surface area contributed by atoms with Crippen molar-refractivity contribution < 1.29 is 18.7 Å². The maximum Gasteiger partial charge on any atom is 0.224 e.